The molecule has 17 heavy (non-hydrogen) atoms. The Bertz CT molecular complexity index is 443. The molecule has 0 spiro atoms. The monoisotopic (exact) mass is 230 g/mol. The zero-order valence-electron chi connectivity index (χ0n) is 10.3. The molecule has 1 heterocycles. The minimum absolute atomic E-state index is 0.520. The molecular weight excluding hydrogens is 212 g/mol. The van der Waals surface area contributed by atoms with Crippen molar-refractivity contribution in [3.63, 3.8) is 0 Å². The van der Waals surface area contributed by atoms with Gasteiger partial charge in [0.25, 0.3) is 0 Å². The topological polar surface area (TPSA) is 65.9 Å². The lowest BCUT2D eigenvalue weighted by molar-refractivity contribution is 0.603. The largest absolute Gasteiger partial charge is 0.396 e. The van der Waals surface area contributed by atoms with Gasteiger partial charge in [0.05, 0.1) is 11.3 Å². The fourth-order valence-corrected chi connectivity index (χ4v) is 1.96. The number of nitriles is 1. The van der Waals surface area contributed by atoms with Crippen molar-refractivity contribution in [3.05, 3.63) is 17.8 Å². The van der Waals surface area contributed by atoms with Crippen LogP contribution in [0.25, 0.3) is 0 Å². The van der Waals surface area contributed by atoms with Gasteiger partial charge in [0, 0.05) is 18.8 Å². The molecule has 4 heteroatoms. The molecule has 0 amide bonds. The van der Waals surface area contributed by atoms with Crippen LogP contribution < -0.4 is 10.6 Å². The minimum atomic E-state index is 0.520. The summed E-state index contributed by atoms with van der Waals surface area (Å²) < 4.78 is 0. The zero-order valence-corrected chi connectivity index (χ0v) is 10.3. The van der Waals surface area contributed by atoms with Crippen LogP contribution in [0.1, 0.15) is 32.3 Å². The molecule has 1 aliphatic rings. The summed E-state index contributed by atoms with van der Waals surface area (Å²) in [6.45, 7) is 5.35. The van der Waals surface area contributed by atoms with Crippen molar-refractivity contribution in [1.82, 2.24) is 4.98 Å². The molecule has 0 bridgehead atoms. The SMILES string of the molecule is CC(C)CN(c1ncc(C#N)cc1N)C1CC1. The van der Waals surface area contributed by atoms with E-state index in [2.05, 4.69) is 29.8 Å². The first-order chi connectivity index (χ1) is 8.11. The van der Waals surface area contributed by atoms with Gasteiger partial charge >= 0.3 is 0 Å². The molecule has 1 saturated carbocycles. The van der Waals surface area contributed by atoms with Crippen LogP contribution in [0, 0.1) is 17.2 Å². The van der Waals surface area contributed by atoms with Crippen molar-refractivity contribution in [2.45, 2.75) is 32.7 Å². The number of hydrogen-bond donors (Lipinski definition) is 1. The van der Waals surface area contributed by atoms with E-state index in [1.165, 1.54) is 12.8 Å². The summed E-state index contributed by atoms with van der Waals surface area (Å²) in [7, 11) is 0. The van der Waals surface area contributed by atoms with Crippen LogP contribution in [0.5, 0.6) is 0 Å². The molecule has 0 unspecified atom stereocenters. The van der Waals surface area contributed by atoms with E-state index < -0.39 is 0 Å². The maximum absolute atomic E-state index is 8.80. The number of nitrogens with two attached hydrogens (primary N) is 1. The van der Waals surface area contributed by atoms with Gasteiger partial charge in [-0.25, -0.2) is 4.98 Å². The second-order valence-corrected chi connectivity index (χ2v) is 5.03. The van der Waals surface area contributed by atoms with E-state index >= 15 is 0 Å². The number of pyridine rings is 1. The normalized spacial score (nSPS) is 14.7. The molecule has 0 atom stereocenters. The van der Waals surface area contributed by atoms with E-state index in [1.807, 2.05) is 0 Å². The Hall–Kier alpha value is -1.76. The van der Waals surface area contributed by atoms with Gasteiger partial charge in [0.2, 0.25) is 0 Å². The second kappa shape index (κ2) is 4.62. The fraction of sp³-hybridized carbons (Fsp3) is 0.538. The molecule has 1 aromatic heterocycles. The average molecular weight is 230 g/mol. The highest BCUT2D eigenvalue weighted by Crippen LogP contribution is 2.34. The van der Waals surface area contributed by atoms with Gasteiger partial charge in [0.1, 0.15) is 6.07 Å². The number of aromatic nitrogens is 1. The molecule has 0 radical (unpaired) electrons. The van der Waals surface area contributed by atoms with Crippen LogP contribution in [0.3, 0.4) is 0 Å². The average Bonchev–Trinajstić information content (AvgIpc) is 3.09. The molecule has 1 aliphatic carbocycles. The van der Waals surface area contributed by atoms with Gasteiger partial charge < -0.3 is 10.6 Å². The molecule has 90 valence electrons. The van der Waals surface area contributed by atoms with Crippen molar-refractivity contribution in [2.24, 2.45) is 5.92 Å². The van der Waals surface area contributed by atoms with Crippen molar-refractivity contribution < 1.29 is 0 Å². The lowest BCUT2D eigenvalue weighted by Crippen LogP contribution is -2.31. The van der Waals surface area contributed by atoms with Crippen LogP contribution in [0.4, 0.5) is 11.5 Å². The van der Waals surface area contributed by atoms with E-state index in [0.29, 0.717) is 23.2 Å². The van der Waals surface area contributed by atoms with Gasteiger partial charge in [-0.05, 0) is 24.8 Å². The van der Waals surface area contributed by atoms with Crippen LogP contribution in [0.2, 0.25) is 0 Å². The molecule has 2 N–H and O–H groups in total. The number of nitrogens with zero attached hydrogens (tertiary/aromatic N) is 3. The quantitative estimate of drug-likeness (QED) is 0.860. The summed E-state index contributed by atoms with van der Waals surface area (Å²) in [6.07, 6.45) is 4.03. The Labute approximate surface area is 102 Å². The van der Waals surface area contributed by atoms with Crippen LogP contribution >= 0.6 is 0 Å². The molecular formula is C13H18N4. The Kier molecular flexibility index (Phi) is 3.19. The first kappa shape index (κ1) is 11.7. The molecule has 1 fully saturated rings. The number of hydrogen-bond acceptors (Lipinski definition) is 4. The Balaban J connectivity index is 2.26. The first-order valence-electron chi connectivity index (χ1n) is 6.04. The third-order valence-corrected chi connectivity index (χ3v) is 2.85. The molecule has 0 aliphatic heterocycles. The third-order valence-electron chi connectivity index (χ3n) is 2.85. The standard InChI is InChI=1S/C13H18N4/c1-9(2)8-17(11-3-4-11)13-12(15)5-10(6-14)7-16-13/h5,7,9,11H,3-4,8,15H2,1-2H3. The molecule has 4 nitrogen and oxygen atoms in total. The van der Waals surface area contributed by atoms with Crippen molar-refractivity contribution in [2.75, 3.05) is 17.2 Å². The lowest BCUT2D eigenvalue weighted by Gasteiger charge is -2.26. The minimum Gasteiger partial charge on any atom is -0.396 e. The molecule has 0 saturated heterocycles. The molecule has 0 aromatic carbocycles. The Morgan fingerprint density at radius 1 is 1.59 bits per heavy atom. The summed E-state index contributed by atoms with van der Waals surface area (Å²) in [6, 6.07) is 4.35. The number of rotatable bonds is 4. The lowest BCUT2D eigenvalue weighted by atomic mass is 10.2. The van der Waals surface area contributed by atoms with Crippen molar-refractivity contribution in [1.29, 1.82) is 5.26 Å². The Morgan fingerprint density at radius 2 is 2.29 bits per heavy atom. The van der Waals surface area contributed by atoms with Crippen LogP contribution in [0.15, 0.2) is 12.3 Å². The smallest absolute Gasteiger partial charge is 0.152 e. The zero-order chi connectivity index (χ0) is 12.4. The van der Waals surface area contributed by atoms with Crippen molar-refractivity contribution in [3.8, 4) is 6.07 Å². The molecule has 2 rings (SSSR count). The maximum atomic E-state index is 8.80. The number of nitrogen functional groups attached to an aromatic ring is 1. The van der Waals surface area contributed by atoms with Gasteiger partial charge in [-0.15, -0.1) is 0 Å². The summed E-state index contributed by atoms with van der Waals surface area (Å²) in [5.74, 6) is 1.41. The predicted molar refractivity (Wildman–Crippen MR) is 68.6 cm³/mol. The van der Waals surface area contributed by atoms with Crippen molar-refractivity contribution >= 4 is 11.5 Å². The van der Waals surface area contributed by atoms with Gasteiger partial charge in [-0.1, -0.05) is 13.8 Å². The second-order valence-electron chi connectivity index (χ2n) is 5.03. The van der Waals surface area contributed by atoms with E-state index in [4.69, 9.17) is 11.0 Å². The van der Waals surface area contributed by atoms with Gasteiger partial charge in [-0.2, -0.15) is 5.26 Å². The predicted octanol–water partition coefficient (Wildman–Crippen LogP) is 2.16. The first-order valence-corrected chi connectivity index (χ1v) is 6.04. The van der Waals surface area contributed by atoms with E-state index in [1.54, 1.807) is 12.3 Å². The highest BCUT2D eigenvalue weighted by Gasteiger charge is 2.31. The fourth-order valence-electron chi connectivity index (χ4n) is 1.96. The highest BCUT2D eigenvalue weighted by atomic mass is 15.2. The summed E-state index contributed by atoms with van der Waals surface area (Å²) >= 11 is 0. The maximum Gasteiger partial charge on any atom is 0.152 e. The van der Waals surface area contributed by atoms with E-state index in [-0.39, 0.29) is 0 Å². The highest BCUT2D eigenvalue weighted by molar-refractivity contribution is 5.65. The van der Waals surface area contributed by atoms with Gasteiger partial charge in [0.15, 0.2) is 5.82 Å². The third kappa shape index (κ3) is 2.68. The van der Waals surface area contributed by atoms with Crippen LogP contribution in [-0.4, -0.2) is 17.6 Å². The number of anilines is 2. The summed E-state index contributed by atoms with van der Waals surface area (Å²) in [5, 5.41) is 8.80. The van der Waals surface area contributed by atoms with E-state index in [9.17, 15) is 0 Å². The van der Waals surface area contributed by atoms with Crippen LogP contribution in [-0.2, 0) is 0 Å². The summed E-state index contributed by atoms with van der Waals surface area (Å²) in [4.78, 5) is 6.62. The van der Waals surface area contributed by atoms with Gasteiger partial charge in [-0.3, -0.25) is 0 Å². The molecule has 1 aromatic rings. The Morgan fingerprint density at radius 3 is 2.76 bits per heavy atom. The summed E-state index contributed by atoms with van der Waals surface area (Å²) in [5.41, 5.74) is 7.11. The van der Waals surface area contributed by atoms with E-state index in [0.717, 1.165) is 12.4 Å².